The molecule has 0 aliphatic heterocycles. The standard InChI is InChI=1S/C18H21N5O3/c1-12(16(24)23-17(25)19-2)20-14-9-6-10-15(11-14)22-18(26)21-13-7-4-3-5-8-13/h3-12,20H,1-2H3,(H2,21,22,26)(H2,19,23,24,25)/t12-/m1/s1. The van der Waals surface area contributed by atoms with Gasteiger partial charge in [-0.3, -0.25) is 10.1 Å². The molecule has 0 aromatic heterocycles. The summed E-state index contributed by atoms with van der Waals surface area (Å²) in [5.41, 5.74) is 1.86. The van der Waals surface area contributed by atoms with Crippen LogP contribution in [0.1, 0.15) is 6.92 Å². The number of hydrogen-bond donors (Lipinski definition) is 5. The minimum absolute atomic E-state index is 0.376. The van der Waals surface area contributed by atoms with Gasteiger partial charge in [0.25, 0.3) is 0 Å². The molecule has 0 unspecified atom stereocenters. The lowest BCUT2D eigenvalue weighted by Gasteiger charge is -2.15. The van der Waals surface area contributed by atoms with Gasteiger partial charge in [-0.05, 0) is 37.3 Å². The predicted octanol–water partition coefficient (Wildman–Crippen LogP) is 2.59. The number of amides is 5. The molecule has 0 spiro atoms. The summed E-state index contributed by atoms with van der Waals surface area (Å²) in [5.74, 6) is -0.468. The molecule has 2 rings (SSSR count). The van der Waals surface area contributed by atoms with Crippen LogP contribution in [-0.4, -0.2) is 31.1 Å². The molecule has 0 aliphatic rings. The van der Waals surface area contributed by atoms with Crippen LogP contribution in [0, 0.1) is 0 Å². The van der Waals surface area contributed by atoms with E-state index in [0.29, 0.717) is 17.1 Å². The second-order valence-electron chi connectivity index (χ2n) is 5.46. The third-order valence-electron chi connectivity index (χ3n) is 3.39. The molecule has 0 bridgehead atoms. The first-order chi connectivity index (χ1) is 12.5. The number of anilines is 3. The molecular weight excluding hydrogens is 334 g/mol. The van der Waals surface area contributed by atoms with Crippen molar-refractivity contribution in [3.63, 3.8) is 0 Å². The van der Waals surface area contributed by atoms with Gasteiger partial charge in [-0.15, -0.1) is 0 Å². The first-order valence-electron chi connectivity index (χ1n) is 8.00. The summed E-state index contributed by atoms with van der Waals surface area (Å²) in [4.78, 5) is 35.1. The van der Waals surface area contributed by atoms with E-state index in [4.69, 9.17) is 0 Å². The third-order valence-corrected chi connectivity index (χ3v) is 3.39. The van der Waals surface area contributed by atoms with Crippen molar-refractivity contribution in [2.75, 3.05) is 23.0 Å². The minimum Gasteiger partial charge on any atom is -0.374 e. The number of benzene rings is 2. The fourth-order valence-corrected chi connectivity index (χ4v) is 2.10. The van der Waals surface area contributed by atoms with Crippen LogP contribution in [0.25, 0.3) is 0 Å². The Hall–Kier alpha value is -3.55. The number of imide groups is 1. The number of nitrogens with one attached hydrogen (secondary N) is 5. The zero-order valence-electron chi connectivity index (χ0n) is 14.5. The van der Waals surface area contributed by atoms with E-state index in [1.165, 1.54) is 7.05 Å². The van der Waals surface area contributed by atoms with Crippen molar-refractivity contribution in [1.82, 2.24) is 10.6 Å². The smallest absolute Gasteiger partial charge is 0.323 e. The van der Waals surface area contributed by atoms with Crippen LogP contribution in [0.3, 0.4) is 0 Å². The minimum atomic E-state index is -0.638. The summed E-state index contributed by atoms with van der Waals surface area (Å²) in [7, 11) is 1.43. The van der Waals surface area contributed by atoms with Crippen molar-refractivity contribution >= 4 is 35.0 Å². The molecule has 26 heavy (non-hydrogen) atoms. The lowest BCUT2D eigenvalue weighted by atomic mass is 10.2. The Balaban J connectivity index is 1.93. The Bertz CT molecular complexity index is 779. The van der Waals surface area contributed by atoms with Crippen LogP contribution in [0.4, 0.5) is 26.7 Å². The Morgan fingerprint density at radius 3 is 2.12 bits per heavy atom. The topological polar surface area (TPSA) is 111 Å². The Labute approximate surface area is 151 Å². The van der Waals surface area contributed by atoms with Gasteiger partial charge in [0.15, 0.2) is 0 Å². The second kappa shape index (κ2) is 9.07. The van der Waals surface area contributed by atoms with E-state index in [9.17, 15) is 14.4 Å². The molecule has 2 aromatic carbocycles. The molecule has 8 heteroatoms. The average molecular weight is 355 g/mol. The molecule has 0 saturated carbocycles. The summed E-state index contributed by atoms with van der Waals surface area (Å²) in [6.45, 7) is 1.63. The number of carbonyl (C=O) groups excluding carboxylic acids is 3. The lowest BCUT2D eigenvalue weighted by Crippen LogP contribution is -2.44. The van der Waals surface area contributed by atoms with Crippen molar-refractivity contribution in [3.8, 4) is 0 Å². The molecule has 0 aliphatic carbocycles. The molecule has 0 radical (unpaired) electrons. The van der Waals surface area contributed by atoms with Gasteiger partial charge in [0.1, 0.15) is 6.04 Å². The summed E-state index contributed by atoms with van der Waals surface area (Å²) in [6.07, 6.45) is 0. The van der Waals surface area contributed by atoms with Crippen LogP contribution in [0.15, 0.2) is 54.6 Å². The summed E-state index contributed by atoms with van der Waals surface area (Å²) < 4.78 is 0. The highest BCUT2D eigenvalue weighted by atomic mass is 16.2. The van der Waals surface area contributed by atoms with Gasteiger partial charge < -0.3 is 21.3 Å². The fraction of sp³-hybridized carbons (Fsp3) is 0.167. The third kappa shape index (κ3) is 5.82. The molecule has 0 heterocycles. The monoisotopic (exact) mass is 355 g/mol. The molecule has 5 N–H and O–H groups in total. The van der Waals surface area contributed by atoms with Crippen LogP contribution >= 0.6 is 0 Å². The van der Waals surface area contributed by atoms with Gasteiger partial charge in [-0.25, -0.2) is 9.59 Å². The molecule has 0 fully saturated rings. The van der Waals surface area contributed by atoms with Crippen LogP contribution in [0.5, 0.6) is 0 Å². The van der Waals surface area contributed by atoms with Crippen molar-refractivity contribution in [2.45, 2.75) is 13.0 Å². The first kappa shape index (κ1) is 18.8. The first-order valence-corrected chi connectivity index (χ1v) is 8.00. The van der Waals surface area contributed by atoms with Crippen molar-refractivity contribution in [2.24, 2.45) is 0 Å². The number of hydrogen-bond acceptors (Lipinski definition) is 4. The van der Waals surface area contributed by atoms with Gasteiger partial charge in [0.2, 0.25) is 5.91 Å². The van der Waals surface area contributed by atoms with E-state index < -0.39 is 18.0 Å². The average Bonchev–Trinajstić information content (AvgIpc) is 2.62. The normalized spacial score (nSPS) is 11.0. The Kier molecular flexibility index (Phi) is 6.55. The van der Waals surface area contributed by atoms with Crippen molar-refractivity contribution in [1.29, 1.82) is 0 Å². The number of carbonyl (C=O) groups is 3. The van der Waals surface area contributed by atoms with E-state index >= 15 is 0 Å². The largest absolute Gasteiger partial charge is 0.374 e. The number of rotatable bonds is 5. The Morgan fingerprint density at radius 2 is 1.42 bits per heavy atom. The highest BCUT2D eigenvalue weighted by Gasteiger charge is 2.15. The van der Waals surface area contributed by atoms with Crippen LogP contribution in [-0.2, 0) is 4.79 Å². The second-order valence-corrected chi connectivity index (χ2v) is 5.46. The molecule has 5 amide bonds. The lowest BCUT2D eigenvalue weighted by molar-refractivity contribution is -0.120. The molecule has 136 valence electrons. The van der Waals surface area contributed by atoms with Crippen molar-refractivity contribution in [3.05, 3.63) is 54.6 Å². The van der Waals surface area contributed by atoms with Crippen LogP contribution in [0.2, 0.25) is 0 Å². The van der Waals surface area contributed by atoms with Crippen molar-refractivity contribution < 1.29 is 14.4 Å². The van der Waals surface area contributed by atoms with Gasteiger partial charge in [0.05, 0.1) is 0 Å². The molecule has 8 nitrogen and oxygen atoms in total. The quantitative estimate of drug-likeness (QED) is 0.567. The highest BCUT2D eigenvalue weighted by Crippen LogP contribution is 2.16. The zero-order chi connectivity index (χ0) is 18.9. The maximum absolute atomic E-state index is 12.0. The maximum atomic E-state index is 12.0. The zero-order valence-corrected chi connectivity index (χ0v) is 14.5. The van der Waals surface area contributed by atoms with Gasteiger partial charge >= 0.3 is 12.1 Å². The maximum Gasteiger partial charge on any atom is 0.323 e. The number of urea groups is 2. The molecule has 1 atom stereocenters. The van der Waals surface area contributed by atoms with E-state index in [1.54, 1.807) is 43.3 Å². The van der Waals surface area contributed by atoms with E-state index in [1.807, 2.05) is 18.2 Å². The van der Waals surface area contributed by atoms with Crippen LogP contribution < -0.4 is 26.6 Å². The van der Waals surface area contributed by atoms with Gasteiger partial charge in [-0.2, -0.15) is 0 Å². The fourth-order valence-electron chi connectivity index (χ4n) is 2.10. The molecule has 2 aromatic rings. The predicted molar refractivity (Wildman–Crippen MR) is 101 cm³/mol. The number of para-hydroxylation sites is 1. The summed E-state index contributed by atoms with van der Waals surface area (Å²) in [6, 6.07) is 14.4. The summed E-state index contributed by atoms with van der Waals surface area (Å²) in [5, 5.41) is 12.9. The molecule has 0 saturated heterocycles. The van der Waals surface area contributed by atoms with E-state index in [-0.39, 0.29) is 6.03 Å². The SMILES string of the molecule is CNC(=O)NC(=O)[C@@H](C)Nc1cccc(NC(=O)Nc2ccccc2)c1. The highest BCUT2D eigenvalue weighted by molar-refractivity contribution is 6.00. The van der Waals surface area contributed by atoms with Gasteiger partial charge in [0, 0.05) is 24.1 Å². The Morgan fingerprint density at radius 1 is 0.808 bits per heavy atom. The molecular formula is C18H21N5O3. The van der Waals surface area contributed by atoms with E-state index in [0.717, 1.165) is 0 Å². The van der Waals surface area contributed by atoms with E-state index in [2.05, 4.69) is 26.6 Å². The van der Waals surface area contributed by atoms with Gasteiger partial charge in [-0.1, -0.05) is 24.3 Å². The summed E-state index contributed by atoms with van der Waals surface area (Å²) >= 11 is 0.